The van der Waals surface area contributed by atoms with Crippen molar-refractivity contribution in [1.82, 2.24) is 9.88 Å². The molecule has 0 radical (unpaired) electrons. The summed E-state index contributed by atoms with van der Waals surface area (Å²) in [5.74, 6) is 0.827. The Morgan fingerprint density at radius 3 is 2.88 bits per heavy atom. The summed E-state index contributed by atoms with van der Waals surface area (Å²) < 4.78 is 1.92. The van der Waals surface area contributed by atoms with Gasteiger partial charge in [0.15, 0.2) is 0 Å². The zero-order chi connectivity index (χ0) is 12.4. The quantitative estimate of drug-likeness (QED) is 0.821. The summed E-state index contributed by atoms with van der Waals surface area (Å²) in [5.41, 5.74) is 7.05. The molecule has 3 N–H and O–H groups in total. The van der Waals surface area contributed by atoms with Gasteiger partial charge in [-0.05, 0) is 32.3 Å². The fourth-order valence-electron chi connectivity index (χ4n) is 2.00. The lowest BCUT2D eigenvalue weighted by Crippen LogP contribution is -2.27. The van der Waals surface area contributed by atoms with Gasteiger partial charge in [0.05, 0.1) is 5.69 Å². The molecule has 1 heterocycles. The van der Waals surface area contributed by atoms with E-state index in [9.17, 15) is 4.79 Å². The zero-order valence-corrected chi connectivity index (χ0v) is 10.6. The Kier molecular flexibility index (Phi) is 3.41. The van der Waals surface area contributed by atoms with Crippen molar-refractivity contribution in [2.24, 2.45) is 5.92 Å². The number of nitrogens with zero attached hydrogens (tertiary/aromatic N) is 1. The summed E-state index contributed by atoms with van der Waals surface area (Å²) in [4.78, 5) is 12.0. The molecule has 1 fully saturated rings. The third-order valence-corrected chi connectivity index (χ3v) is 3.19. The fourth-order valence-corrected chi connectivity index (χ4v) is 2.00. The van der Waals surface area contributed by atoms with E-state index in [1.165, 1.54) is 12.8 Å². The highest BCUT2D eigenvalue weighted by molar-refractivity contribution is 5.93. The SMILES string of the molecule is CC(C)n1cc(N)cc1C(=O)NCCC1CC1. The van der Waals surface area contributed by atoms with Crippen molar-refractivity contribution in [2.45, 2.75) is 39.2 Å². The number of nitrogens with one attached hydrogen (secondary N) is 1. The van der Waals surface area contributed by atoms with Crippen molar-refractivity contribution >= 4 is 11.6 Å². The highest BCUT2D eigenvalue weighted by Crippen LogP contribution is 2.31. The summed E-state index contributed by atoms with van der Waals surface area (Å²) in [6.45, 7) is 4.85. The molecule has 1 aromatic rings. The largest absolute Gasteiger partial charge is 0.397 e. The van der Waals surface area contributed by atoms with Gasteiger partial charge in [0.25, 0.3) is 5.91 Å². The second-order valence-electron chi connectivity index (χ2n) is 5.15. The fraction of sp³-hybridized carbons (Fsp3) is 0.615. The van der Waals surface area contributed by atoms with Gasteiger partial charge in [0.2, 0.25) is 0 Å². The number of rotatable bonds is 5. The minimum atomic E-state index is -0.0175. The number of nitrogen functional groups attached to an aromatic ring is 1. The van der Waals surface area contributed by atoms with Crippen LogP contribution < -0.4 is 11.1 Å². The molecule has 1 aromatic heterocycles. The van der Waals surface area contributed by atoms with Crippen molar-refractivity contribution in [2.75, 3.05) is 12.3 Å². The number of hydrogen-bond acceptors (Lipinski definition) is 2. The first kappa shape index (κ1) is 12.0. The van der Waals surface area contributed by atoms with Crippen LogP contribution in [-0.2, 0) is 0 Å². The van der Waals surface area contributed by atoms with E-state index in [0.29, 0.717) is 11.4 Å². The maximum Gasteiger partial charge on any atom is 0.267 e. The van der Waals surface area contributed by atoms with Gasteiger partial charge in [-0.1, -0.05) is 12.8 Å². The average Bonchev–Trinajstić information content (AvgIpc) is 2.99. The van der Waals surface area contributed by atoms with Crippen LogP contribution in [0.3, 0.4) is 0 Å². The molecule has 0 aliphatic heterocycles. The van der Waals surface area contributed by atoms with Gasteiger partial charge in [0, 0.05) is 18.8 Å². The number of nitrogens with two attached hydrogens (primary N) is 1. The third-order valence-electron chi connectivity index (χ3n) is 3.19. The Bertz CT molecular complexity index is 405. The first-order valence-electron chi connectivity index (χ1n) is 6.33. The van der Waals surface area contributed by atoms with Crippen molar-refractivity contribution in [3.8, 4) is 0 Å². The van der Waals surface area contributed by atoms with Crippen LogP contribution in [0.25, 0.3) is 0 Å². The Hall–Kier alpha value is -1.45. The maximum absolute atomic E-state index is 12.0. The predicted octanol–water partition coefficient (Wildman–Crippen LogP) is 2.18. The maximum atomic E-state index is 12.0. The summed E-state index contributed by atoms with van der Waals surface area (Å²) >= 11 is 0. The third kappa shape index (κ3) is 3.02. The lowest BCUT2D eigenvalue weighted by atomic mass is 10.3. The van der Waals surface area contributed by atoms with E-state index >= 15 is 0 Å². The molecular formula is C13H21N3O. The van der Waals surface area contributed by atoms with Gasteiger partial charge in [0.1, 0.15) is 5.69 Å². The lowest BCUT2D eigenvalue weighted by molar-refractivity contribution is 0.0942. The standard InChI is InChI=1S/C13H21N3O/c1-9(2)16-8-11(14)7-12(16)13(17)15-6-5-10-3-4-10/h7-10H,3-6,14H2,1-2H3,(H,15,17). The average molecular weight is 235 g/mol. The first-order valence-corrected chi connectivity index (χ1v) is 6.33. The molecule has 1 amide bonds. The first-order chi connectivity index (χ1) is 8.08. The second kappa shape index (κ2) is 4.82. The van der Waals surface area contributed by atoms with Gasteiger partial charge in [-0.2, -0.15) is 0 Å². The molecule has 0 atom stereocenters. The van der Waals surface area contributed by atoms with Crippen molar-refractivity contribution in [1.29, 1.82) is 0 Å². The van der Waals surface area contributed by atoms with Crippen LogP contribution in [-0.4, -0.2) is 17.0 Å². The van der Waals surface area contributed by atoms with Gasteiger partial charge >= 0.3 is 0 Å². The molecule has 4 heteroatoms. The highest BCUT2D eigenvalue weighted by Gasteiger charge is 2.21. The molecule has 4 nitrogen and oxygen atoms in total. The summed E-state index contributed by atoms with van der Waals surface area (Å²) in [6, 6.07) is 1.99. The zero-order valence-electron chi connectivity index (χ0n) is 10.6. The van der Waals surface area contributed by atoms with E-state index in [4.69, 9.17) is 5.73 Å². The molecule has 2 rings (SSSR count). The van der Waals surface area contributed by atoms with Gasteiger partial charge in [-0.15, -0.1) is 0 Å². The number of carbonyl (C=O) groups excluding carboxylic acids is 1. The lowest BCUT2D eigenvalue weighted by Gasteiger charge is -2.12. The molecule has 0 unspecified atom stereocenters. The Morgan fingerprint density at radius 1 is 1.59 bits per heavy atom. The predicted molar refractivity (Wildman–Crippen MR) is 68.9 cm³/mol. The molecule has 94 valence electrons. The molecule has 17 heavy (non-hydrogen) atoms. The molecule has 0 aromatic carbocycles. The van der Waals surface area contributed by atoms with Crippen molar-refractivity contribution in [3.63, 3.8) is 0 Å². The molecule has 1 aliphatic rings. The number of hydrogen-bond donors (Lipinski definition) is 2. The van der Waals surface area contributed by atoms with Gasteiger partial charge in [-0.25, -0.2) is 0 Å². The molecular weight excluding hydrogens is 214 g/mol. The number of aromatic nitrogens is 1. The molecule has 1 saturated carbocycles. The smallest absolute Gasteiger partial charge is 0.267 e. The number of carbonyl (C=O) groups is 1. The van der Waals surface area contributed by atoms with Crippen molar-refractivity contribution in [3.05, 3.63) is 18.0 Å². The summed E-state index contributed by atoms with van der Waals surface area (Å²) in [7, 11) is 0. The van der Waals surface area contributed by atoms with Crippen LogP contribution in [0.5, 0.6) is 0 Å². The van der Waals surface area contributed by atoms with E-state index in [1.54, 1.807) is 6.07 Å². The minimum Gasteiger partial charge on any atom is -0.397 e. The Labute approximate surface area is 102 Å². The summed E-state index contributed by atoms with van der Waals surface area (Å²) in [6.07, 6.45) is 5.57. The molecule has 1 aliphatic carbocycles. The van der Waals surface area contributed by atoms with Gasteiger partial charge < -0.3 is 15.6 Å². The van der Waals surface area contributed by atoms with Crippen LogP contribution in [0.15, 0.2) is 12.3 Å². The van der Waals surface area contributed by atoms with Crippen molar-refractivity contribution < 1.29 is 4.79 Å². The topological polar surface area (TPSA) is 60.0 Å². The Balaban J connectivity index is 1.96. The van der Waals surface area contributed by atoms with E-state index in [0.717, 1.165) is 18.9 Å². The Morgan fingerprint density at radius 2 is 2.29 bits per heavy atom. The van der Waals surface area contributed by atoms with Crippen LogP contribution in [0.4, 0.5) is 5.69 Å². The van der Waals surface area contributed by atoms with E-state index in [2.05, 4.69) is 5.32 Å². The minimum absolute atomic E-state index is 0.0175. The summed E-state index contributed by atoms with van der Waals surface area (Å²) in [5, 5.41) is 2.96. The molecule has 0 bridgehead atoms. The number of amides is 1. The van der Waals surface area contributed by atoms with E-state index in [1.807, 2.05) is 24.6 Å². The second-order valence-corrected chi connectivity index (χ2v) is 5.15. The van der Waals surface area contributed by atoms with E-state index < -0.39 is 0 Å². The van der Waals surface area contributed by atoms with Crippen LogP contribution >= 0.6 is 0 Å². The van der Waals surface area contributed by atoms with Crippen LogP contribution in [0.1, 0.15) is 49.6 Å². The number of anilines is 1. The normalized spacial score (nSPS) is 15.2. The van der Waals surface area contributed by atoms with Crippen LogP contribution in [0, 0.1) is 5.92 Å². The van der Waals surface area contributed by atoms with E-state index in [-0.39, 0.29) is 11.9 Å². The highest BCUT2D eigenvalue weighted by atomic mass is 16.1. The molecule has 0 spiro atoms. The van der Waals surface area contributed by atoms with Gasteiger partial charge in [-0.3, -0.25) is 4.79 Å². The monoisotopic (exact) mass is 235 g/mol. The molecule has 0 saturated heterocycles. The van der Waals surface area contributed by atoms with Crippen LogP contribution in [0.2, 0.25) is 0 Å².